The van der Waals surface area contributed by atoms with Gasteiger partial charge in [-0.1, -0.05) is 22.9 Å². The Morgan fingerprint density at radius 3 is 2.46 bits per heavy atom. The Morgan fingerprint density at radius 1 is 0.973 bits per heavy atom. The van der Waals surface area contributed by atoms with Gasteiger partial charge in [0.2, 0.25) is 5.95 Å². The first-order chi connectivity index (χ1) is 17.6. The Hall–Kier alpha value is -4.04. The van der Waals surface area contributed by atoms with Gasteiger partial charge in [0.15, 0.2) is 11.6 Å². The molecule has 37 heavy (non-hydrogen) atoms. The number of aryl methyl sites for hydroxylation is 1. The molecule has 0 bridgehead atoms. The highest BCUT2D eigenvalue weighted by Crippen LogP contribution is 2.29. The number of nitrogens with zero attached hydrogens (tertiary/aromatic N) is 6. The van der Waals surface area contributed by atoms with E-state index in [2.05, 4.69) is 20.4 Å². The normalized spacial score (nSPS) is 11.4. The zero-order chi connectivity index (χ0) is 26.4. The smallest absolute Gasteiger partial charge is 0.324 e. The highest BCUT2D eigenvalue weighted by atomic mass is 35.5. The average Bonchev–Trinajstić information content (AvgIpc) is 3.40. The van der Waals surface area contributed by atoms with Gasteiger partial charge >= 0.3 is 11.4 Å². The fourth-order valence-electron chi connectivity index (χ4n) is 3.66. The molecule has 0 aliphatic rings. The number of fused-ring (bicyclic) bond motifs is 1. The van der Waals surface area contributed by atoms with Crippen LogP contribution in [0.5, 0.6) is 0 Å². The molecule has 0 aliphatic heterocycles. The van der Waals surface area contributed by atoms with E-state index in [0.29, 0.717) is 38.9 Å². The van der Waals surface area contributed by atoms with E-state index >= 15 is 0 Å². The van der Waals surface area contributed by atoms with Crippen molar-refractivity contribution in [2.75, 3.05) is 5.32 Å². The van der Waals surface area contributed by atoms with Crippen LogP contribution in [0.3, 0.4) is 0 Å². The molecule has 5 rings (SSSR count). The van der Waals surface area contributed by atoms with Gasteiger partial charge in [0.05, 0.1) is 35.0 Å². The molecule has 2 aromatic carbocycles. The number of hydrogen-bond donors (Lipinski definition) is 1. The van der Waals surface area contributed by atoms with Gasteiger partial charge in [-0.05, 0) is 18.2 Å². The van der Waals surface area contributed by atoms with Crippen LogP contribution >= 0.6 is 22.9 Å². The van der Waals surface area contributed by atoms with E-state index in [-0.39, 0.29) is 27.9 Å². The van der Waals surface area contributed by atoms with Crippen LogP contribution in [0.2, 0.25) is 5.02 Å². The minimum atomic E-state index is -1.41. The monoisotopic (exact) mass is 551 g/mol. The molecule has 0 amide bonds. The van der Waals surface area contributed by atoms with E-state index < -0.39 is 47.2 Å². The summed E-state index contributed by atoms with van der Waals surface area (Å²) in [5.74, 6) is -4.20. The molecule has 1 N–H and O–H groups in total. The quantitative estimate of drug-likeness (QED) is 0.255. The molecule has 3 aromatic heterocycles. The van der Waals surface area contributed by atoms with Crippen molar-refractivity contribution in [3.63, 3.8) is 0 Å². The molecule has 5 aromatic rings. The number of thiazole rings is 1. The Balaban J connectivity index is 1.64. The van der Waals surface area contributed by atoms with E-state index in [1.165, 1.54) is 5.38 Å². The molecule has 0 radical (unpaired) electrons. The van der Waals surface area contributed by atoms with Gasteiger partial charge in [0.25, 0.3) is 5.26 Å². The van der Waals surface area contributed by atoms with Crippen LogP contribution in [-0.4, -0.2) is 28.9 Å². The molecule has 0 fully saturated rings. The SMILES string of the molecule is Cn1cc2cc(Nc3nc(=O)n(Cc4csc(F)n4)c(=O)n3Cc3cc(F)c(F)cc3F)c(Cl)cc2n1. The lowest BCUT2D eigenvalue weighted by atomic mass is 10.2. The van der Waals surface area contributed by atoms with E-state index in [1.54, 1.807) is 30.1 Å². The number of halogens is 5. The Labute approximate surface area is 213 Å². The lowest BCUT2D eigenvalue weighted by Gasteiger charge is -2.16. The first kappa shape index (κ1) is 24.6. The van der Waals surface area contributed by atoms with Crippen molar-refractivity contribution in [2.45, 2.75) is 13.1 Å². The maximum absolute atomic E-state index is 14.5. The molecule has 0 aliphatic carbocycles. The van der Waals surface area contributed by atoms with Crippen LogP contribution in [0.25, 0.3) is 10.9 Å². The molecular weight excluding hydrogens is 538 g/mol. The molecule has 15 heteroatoms. The molecule has 0 spiro atoms. The first-order valence-corrected chi connectivity index (χ1v) is 11.7. The number of benzene rings is 2. The zero-order valence-corrected chi connectivity index (χ0v) is 20.2. The summed E-state index contributed by atoms with van der Waals surface area (Å²) in [7, 11) is 1.71. The minimum absolute atomic E-state index is 0.0832. The van der Waals surface area contributed by atoms with E-state index in [9.17, 15) is 27.2 Å². The number of anilines is 2. The van der Waals surface area contributed by atoms with Gasteiger partial charge in [-0.25, -0.2) is 32.3 Å². The highest BCUT2D eigenvalue weighted by Gasteiger charge is 2.19. The molecule has 0 saturated carbocycles. The summed E-state index contributed by atoms with van der Waals surface area (Å²) in [4.78, 5) is 33.6. The van der Waals surface area contributed by atoms with Gasteiger partial charge in [-0.3, -0.25) is 9.25 Å². The predicted octanol–water partition coefficient (Wildman–Crippen LogP) is 3.80. The number of aromatic nitrogens is 6. The Morgan fingerprint density at radius 2 is 1.73 bits per heavy atom. The third-order valence-corrected chi connectivity index (χ3v) is 6.35. The molecule has 3 heterocycles. The van der Waals surface area contributed by atoms with Crippen LogP contribution in [0, 0.1) is 22.7 Å². The van der Waals surface area contributed by atoms with Crippen LogP contribution in [0.4, 0.5) is 29.2 Å². The molecule has 190 valence electrons. The third kappa shape index (κ3) is 4.84. The van der Waals surface area contributed by atoms with Crippen LogP contribution < -0.4 is 16.7 Å². The van der Waals surface area contributed by atoms with Crippen molar-refractivity contribution >= 4 is 45.5 Å². The Kier molecular flexibility index (Phi) is 6.29. The van der Waals surface area contributed by atoms with Crippen LogP contribution in [0.1, 0.15) is 11.3 Å². The summed E-state index contributed by atoms with van der Waals surface area (Å²) >= 11 is 7.03. The lowest BCUT2D eigenvalue weighted by molar-refractivity contribution is 0.485. The topological polar surface area (TPSA) is 99.6 Å². The van der Waals surface area contributed by atoms with E-state index in [4.69, 9.17) is 11.6 Å². The van der Waals surface area contributed by atoms with Crippen molar-refractivity contribution in [1.82, 2.24) is 28.9 Å². The van der Waals surface area contributed by atoms with Crippen LogP contribution in [-0.2, 0) is 20.1 Å². The molecule has 0 saturated heterocycles. The largest absolute Gasteiger partial charge is 0.355 e. The van der Waals surface area contributed by atoms with Crippen molar-refractivity contribution in [3.8, 4) is 0 Å². The minimum Gasteiger partial charge on any atom is -0.324 e. The molecular formula is C22H14ClF4N7O2S. The molecule has 9 nitrogen and oxygen atoms in total. The average molecular weight is 552 g/mol. The standard InChI is InChI=1S/C22H14ClF4N7O2S/c1-32-6-11-3-18(13(23)4-17(11)31-32)29-20-30-21(35)34(8-12-9-37-19(27)28-12)22(36)33(20)7-10-2-15(25)16(26)5-14(10)24/h2-6,9H,7-8H2,1H3,(H,29,30,35). The highest BCUT2D eigenvalue weighted by molar-refractivity contribution is 7.08. The van der Waals surface area contributed by atoms with Crippen molar-refractivity contribution < 1.29 is 17.6 Å². The van der Waals surface area contributed by atoms with E-state index in [0.717, 1.165) is 4.57 Å². The van der Waals surface area contributed by atoms with Gasteiger partial charge in [-0.15, -0.1) is 0 Å². The van der Waals surface area contributed by atoms with E-state index in [1.807, 2.05) is 0 Å². The van der Waals surface area contributed by atoms with Gasteiger partial charge in [0.1, 0.15) is 5.82 Å². The summed E-state index contributed by atoms with van der Waals surface area (Å²) in [6.07, 6.45) is 1.71. The summed E-state index contributed by atoms with van der Waals surface area (Å²) in [5, 5.41) is 8.43. The second-order valence-electron chi connectivity index (χ2n) is 7.94. The lowest BCUT2D eigenvalue weighted by Crippen LogP contribution is -2.43. The maximum atomic E-state index is 14.5. The van der Waals surface area contributed by atoms with Crippen LogP contribution in [0.15, 0.2) is 45.4 Å². The summed E-state index contributed by atoms with van der Waals surface area (Å²) in [6.45, 7) is -1.05. The summed E-state index contributed by atoms with van der Waals surface area (Å²) in [5.41, 5.74) is -1.48. The fourth-order valence-corrected chi connectivity index (χ4v) is 4.40. The third-order valence-electron chi connectivity index (χ3n) is 5.37. The predicted molar refractivity (Wildman–Crippen MR) is 128 cm³/mol. The Bertz CT molecular complexity index is 1800. The fraction of sp³-hybridized carbons (Fsp3) is 0.136. The van der Waals surface area contributed by atoms with Crippen molar-refractivity contribution in [3.05, 3.63) is 95.8 Å². The van der Waals surface area contributed by atoms with Crippen molar-refractivity contribution in [1.29, 1.82) is 0 Å². The number of rotatable bonds is 6. The van der Waals surface area contributed by atoms with Gasteiger partial charge < -0.3 is 5.32 Å². The summed E-state index contributed by atoms with van der Waals surface area (Å²) < 4.78 is 58.2. The number of hydrogen-bond acceptors (Lipinski definition) is 7. The second-order valence-corrected chi connectivity index (χ2v) is 9.16. The first-order valence-electron chi connectivity index (χ1n) is 10.4. The van der Waals surface area contributed by atoms with Gasteiger partial charge in [0, 0.05) is 35.6 Å². The summed E-state index contributed by atoms with van der Waals surface area (Å²) in [6, 6.07) is 4.09. The molecule has 0 atom stereocenters. The van der Waals surface area contributed by atoms with Crippen molar-refractivity contribution in [2.24, 2.45) is 7.05 Å². The second kappa shape index (κ2) is 9.44. The number of nitrogens with one attached hydrogen (secondary N) is 1. The van der Waals surface area contributed by atoms with Gasteiger partial charge in [-0.2, -0.15) is 14.5 Å². The maximum Gasteiger partial charge on any atom is 0.355 e. The zero-order valence-electron chi connectivity index (χ0n) is 18.7. The molecule has 0 unspecified atom stereocenters.